The second kappa shape index (κ2) is 13.7. The van der Waals surface area contributed by atoms with Crippen LogP contribution in [0.15, 0.2) is 23.2 Å². The topological polar surface area (TPSA) is 74.8 Å². The number of ether oxygens (including phenoxy) is 1. The van der Waals surface area contributed by atoms with E-state index in [1.54, 1.807) is 0 Å². The second-order valence-electron chi connectivity index (χ2n) is 6.14. The summed E-state index contributed by atoms with van der Waals surface area (Å²) in [6, 6.07) is 6.30. The maximum atomic E-state index is 11.7. The zero-order valence-corrected chi connectivity index (χ0v) is 18.8. The van der Waals surface area contributed by atoms with Crippen molar-refractivity contribution >= 4 is 35.8 Å². The van der Waals surface area contributed by atoms with E-state index in [0.717, 1.165) is 23.4 Å². The standard InChI is InChI=1S/C19H32N4O2.HI/c1-6-20-19(21-11-10-18(24)23-14(3)4)22-13-16-9-8-15(5)12-17(16)25-7-2;/h8-9,12,14H,6-7,10-11,13H2,1-5H3,(H,23,24)(H2,20,21,22);1H. The van der Waals surface area contributed by atoms with E-state index in [4.69, 9.17) is 4.74 Å². The van der Waals surface area contributed by atoms with Gasteiger partial charge in [0.05, 0.1) is 13.2 Å². The molecule has 1 aromatic rings. The van der Waals surface area contributed by atoms with Gasteiger partial charge in [-0.15, -0.1) is 24.0 Å². The van der Waals surface area contributed by atoms with Gasteiger partial charge in [-0.05, 0) is 46.2 Å². The summed E-state index contributed by atoms with van der Waals surface area (Å²) in [6.07, 6.45) is 0.414. The summed E-state index contributed by atoms with van der Waals surface area (Å²) in [5.41, 5.74) is 2.21. The van der Waals surface area contributed by atoms with Crippen LogP contribution in [0.5, 0.6) is 5.75 Å². The fourth-order valence-corrected chi connectivity index (χ4v) is 2.28. The Hall–Kier alpha value is -1.51. The number of hydrogen-bond donors (Lipinski definition) is 3. The molecule has 0 aliphatic rings. The molecule has 1 aromatic carbocycles. The molecular weight excluding hydrogens is 443 g/mol. The summed E-state index contributed by atoms with van der Waals surface area (Å²) < 4.78 is 5.70. The molecule has 0 radical (unpaired) electrons. The van der Waals surface area contributed by atoms with Crippen LogP contribution >= 0.6 is 24.0 Å². The number of rotatable bonds is 9. The molecule has 0 fully saturated rings. The molecule has 1 rings (SSSR count). The summed E-state index contributed by atoms with van der Waals surface area (Å²) in [7, 11) is 0. The van der Waals surface area contributed by atoms with Gasteiger partial charge >= 0.3 is 0 Å². The summed E-state index contributed by atoms with van der Waals surface area (Å²) >= 11 is 0. The number of nitrogens with one attached hydrogen (secondary N) is 3. The first-order chi connectivity index (χ1) is 12.0. The van der Waals surface area contributed by atoms with Gasteiger partial charge in [-0.2, -0.15) is 0 Å². The molecule has 0 saturated heterocycles. The second-order valence-corrected chi connectivity index (χ2v) is 6.14. The van der Waals surface area contributed by atoms with Crippen molar-refractivity contribution in [2.24, 2.45) is 4.99 Å². The van der Waals surface area contributed by atoms with Gasteiger partial charge in [-0.3, -0.25) is 4.79 Å². The average molecular weight is 476 g/mol. The Morgan fingerprint density at radius 1 is 1.23 bits per heavy atom. The third-order valence-electron chi connectivity index (χ3n) is 3.37. The van der Waals surface area contributed by atoms with Gasteiger partial charge in [0.2, 0.25) is 5.91 Å². The fourth-order valence-electron chi connectivity index (χ4n) is 2.28. The van der Waals surface area contributed by atoms with Crippen LogP contribution in [0.25, 0.3) is 0 Å². The predicted octanol–water partition coefficient (Wildman–Crippen LogP) is 2.98. The molecule has 0 aromatic heterocycles. The Kier molecular flexibility index (Phi) is 12.9. The van der Waals surface area contributed by atoms with Crippen molar-refractivity contribution in [3.63, 3.8) is 0 Å². The Bertz CT molecular complexity index is 577. The van der Waals surface area contributed by atoms with Crippen LogP contribution in [0, 0.1) is 6.92 Å². The van der Waals surface area contributed by atoms with Crippen molar-refractivity contribution in [1.82, 2.24) is 16.0 Å². The van der Waals surface area contributed by atoms with Crippen molar-refractivity contribution in [3.8, 4) is 5.75 Å². The van der Waals surface area contributed by atoms with Crippen LogP contribution in [-0.2, 0) is 11.3 Å². The molecule has 7 heteroatoms. The first-order valence-electron chi connectivity index (χ1n) is 9.00. The van der Waals surface area contributed by atoms with Gasteiger partial charge in [0.25, 0.3) is 0 Å². The van der Waals surface area contributed by atoms with Crippen molar-refractivity contribution in [2.75, 3.05) is 19.7 Å². The number of carbonyl (C=O) groups is 1. The Labute approximate surface area is 174 Å². The van der Waals surface area contributed by atoms with Crippen LogP contribution in [0.3, 0.4) is 0 Å². The van der Waals surface area contributed by atoms with Gasteiger partial charge < -0.3 is 20.7 Å². The van der Waals surface area contributed by atoms with Crippen molar-refractivity contribution in [3.05, 3.63) is 29.3 Å². The largest absolute Gasteiger partial charge is 0.494 e. The number of aliphatic imine (C=N–C) groups is 1. The minimum absolute atomic E-state index is 0. The van der Waals surface area contributed by atoms with Crippen LogP contribution < -0.4 is 20.7 Å². The van der Waals surface area contributed by atoms with E-state index in [9.17, 15) is 4.79 Å². The highest BCUT2D eigenvalue weighted by atomic mass is 127. The highest BCUT2D eigenvalue weighted by molar-refractivity contribution is 14.0. The zero-order valence-electron chi connectivity index (χ0n) is 16.5. The van der Waals surface area contributed by atoms with E-state index in [0.29, 0.717) is 32.1 Å². The van der Waals surface area contributed by atoms with E-state index in [1.165, 1.54) is 0 Å². The fraction of sp³-hybridized carbons (Fsp3) is 0.579. The zero-order chi connectivity index (χ0) is 18.7. The molecule has 148 valence electrons. The van der Waals surface area contributed by atoms with Gasteiger partial charge in [0, 0.05) is 31.1 Å². The number of carbonyl (C=O) groups excluding carboxylic acids is 1. The van der Waals surface area contributed by atoms with Gasteiger partial charge in [0.1, 0.15) is 5.75 Å². The molecule has 0 unspecified atom stereocenters. The molecule has 0 saturated carbocycles. The molecule has 1 amide bonds. The first-order valence-corrected chi connectivity index (χ1v) is 9.00. The van der Waals surface area contributed by atoms with Crippen molar-refractivity contribution in [2.45, 2.75) is 53.6 Å². The van der Waals surface area contributed by atoms with Crippen LogP contribution in [-0.4, -0.2) is 37.6 Å². The van der Waals surface area contributed by atoms with Crippen molar-refractivity contribution < 1.29 is 9.53 Å². The smallest absolute Gasteiger partial charge is 0.221 e. The van der Waals surface area contributed by atoms with Crippen LogP contribution in [0.2, 0.25) is 0 Å². The third kappa shape index (κ3) is 9.84. The highest BCUT2D eigenvalue weighted by Crippen LogP contribution is 2.21. The average Bonchev–Trinajstić information content (AvgIpc) is 2.53. The molecule has 0 heterocycles. The minimum Gasteiger partial charge on any atom is -0.494 e. The number of hydrogen-bond acceptors (Lipinski definition) is 3. The molecular formula is C19H33IN4O2. The lowest BCUT2D eigenvalue weighted by Gasteiger charge is -2.13. The lowest BCUT2D eigenvalue weighted by molar-refractivity contribution is -0.121. The Morgan fingerprint density at radius 3 is 2.58 bits per heavy atom. The van der Waals surface area contributed by atoms with Gasteiger partial charge in [-0.25, -0.2) is 4.99 Å². The van der Waals surface area contributed by atoms with E-state index < -0.39 is 0 Å². The lowest BCUT2D eigenvalue weighted by Crippen LogP contribution is -2.40. The van der Waals surface area contributed by atoms with Gasteiger partial charge in [0.15, 0.2) is 5.96 Å². The summed E-state index contributed by atoms with van der Waals surface area (Å²) in [5, 5.41) is 9.27. The summed E-state index contributed by atoms with van der Waals surface area (Å²) in [5.74, 6) is 1.61. The molecule has 3 N–H and O–H groups in total. The number of guanidine groups is 1. The molecule has 0 atom stereocenters. The number of amides is 1. The SMILES string of the molecule is CCNC(=NCc1ccc(C)cc1OCC)NCCC(=O)NC(C)C.I. The molecule has 0 spiro atoms. The normalized spacial score (nSPS) is 10.9. The quantitative estimate of drug-likeness (QED) is 0.291. The Balaban J connectivity index is 0.00000625. The predicted molar refractivity (Wildman–Crippen MR) is 118 cm³/mol. The van der Waals surface area contributed by atoms with Crippen LogP contribution in [0.4, 0.5) is 0 Å². The van der Waals surface area contributed by atoms with E-state index in [2.05, 4.69) is 27.0 Å². The maximum absolute atomic E-state index is 11.7. The number of aryl methyl sites for hydroxylation is 1. The van der Waals surface area contributed by atoms with E-state index >= 15 is 0 Å². The number of benzene rings is 1. The molecule has 6 nitrogen and oxygen atoms in total. The minimum atomic E-state index is 0. The van der Waals surface area contributed by atoms with Crippen molar-refractivity contribution in [1.29, 1.82) is 0 Å². The Morgan fingerprint density at radius 2 is 1.96 bits per heavy atom. The monoisotopic (exact) mass is 476 g/mol. The maximum Gasteiger partial charge on any atom is 0.221 e. The third-order valence-corrected chi connectivity index (χ3v) is 3.37. The molecule has 0 aliphatic carbocycles. The molecule has 26 heavy (non-hydrogen) atoms. The molecule has 0 bridgehead atoms. The summed E-state index contributed by atoms with van der Waals surface area (Å²) in [6.45, 7) is 12.4. The van der Waals surface area contributed by atoms with E-state index in [1.807, 2.05) is 46.8 Å². The van der Waals surface area contributed by atoms with Gasteiger partial charge in [-0.1, -0.05) is 12.1 Å². The highest BCUT2D eigenvalue weighted by Gasteiger charge is 2.06. The van der Waals surface area contributed by atoms with E-state index in [-0.39, 0.29) is 35.9 Å². The summed E-state index contributed by atoms with van der Waals surface area (Å²) in [4.78, 5) is 16.3. The molecule has 0 aliphatic heterocycles. The first kappa shape index (κ1) is 24.5. The number of nitrogens with zero attached hydrogens (tertiary/aromatic N) is 1. The van der Waals surface area contributed by atoms with Crippen LogP contribution in [0.1, 0.15) is 45.2 Å². The lowest BCUT2D eigenvalue weighted by atomic mass is 10.1. The number of halogens is 1.